The van der Waals surface area contributed by atoms with Gasteiger partial charge < -0.3 is 81.1 Å². The highest BCUT2D eigenvalue weighted by Gasteiger charge is 2.51. The van der Waals surface area contributed by atoms with Crippen LogP contribution < -0.4 is 11.1 Å². The molecule has 68 heavy (non-hydrogen) atoms. The van der Waals surface area contributed by atoms with Crippen LogP contribution in [-0.4, -0.2) is 173 Å². The minimum absolute atomic E-state index is 0.0504. The summed E-state index contributed by atoms with van der Waals surface area (Å²) in [6.07, 6.45) is 4.59. The summed E-state index contributed by atoms with van der Waals surface area (Å²) in [5, 5.41) is 112. The highest BCUT2D eigenvalue weighted by molar-refractivity contribution is 6.18. The Kier molecular flexibility index (Phi) is 26.0. The van der Waals surface area contributed by atoms with Crippen molar-refractivity contribution >= 4 is 23.5 Å². The minimum Gasteiger partial charge on any atom is -0.462 e. The molecule has 0 aliphatic carbocycles. The molecular formula is C49H77ClN2O16. The molecule has 0 unspecified atom stereocenters. The van der Waals surface area contributed by atoms with Gasteiger partial charge in [-0.1, -0.05) is 98.9 Å². The first-order chi connectivity index (χ1) is 32.2. The molecule has 0 aromatic heterocycles. The van der Waals surface area contributed by atoms with Crippen LogP contribution in [0.2, 0.25) is 0 Å². The Balaban J connectivity index is 1.91. The van der Waals surface area contributed by atoms with Gasteiger partial charge in [-0.25, -0.2) is 0 Å². The van der Waals surface area contributed by atoms with Gasteiger partial charge in [0.15, 0.2) is 12.1 Å². The molecule has 2 fully saturated rings. The van der Waals surface area contributed by atoms with Gasteiger partial charge in [0.2, 0.25) is 5.91 Å². The molecule has 3 aliphatic rings. The van der Waals surface area contributed by atoms with E-state index >= 15 is 0 Å². The Morgan fingerprint density at radius 2 is 1.31 bits per heavy atom. The number of rotatable bonds is 5. The summed E-state index contributed by atoms with van der Waals surface area (Å²) in [7, 11) is 0. The molecule has 3 heterocycles. The van der Waals surface area contributed by atoms with E-state index in [1.54, 1.807) is 75.5 Å². The number of allylic oxidation sites excluding steroid dienone is 12. The average Bonchev–Trinajstić information content (AvgIpc) is 3.26. The molecule has 0 aromatic carbocycles. The van der Waals surface area contributed by atoms with E-state index in [4.69, 9.17) is 36.3 Å². The molecule has 13 N–H and O–H groups in total. The van der Waals surface area contributed by atoms with Crippen LogP contribution in [0.3, 0.4) is 0 Å². The van der Waals surface area contributed by atoms with Crippen LogP contribution in [0.5, 0.6) is 0 Å². The second-order valence-electron chi connectivity index (χ2n) is 18.2. The summed E-state index contributed by atoms with van der Waals surface area (Å²) in [5.41, 5.74) is 6.08. The highest BCUT2D eigenvalue weighted by atomic mass is 35.5. The number of nitrogens with two attached hydrogens (primary N) is 1. The van der Waals surface area contributed by atoms with Gasteiger partial charge in [-0.2, -0.15) is 0 Å². The van der Waals surface area contributed by atoms with Gasteiger partial charge in [-0.05, 0) is 33.1 Å². The third kappa shape index (κ3) is 19.9. The van der Waals surface area contributed by atoms with Gasteiger partial charge in [0, 0.05) is 49.9 Å². The van der Waals surface area contributed by atoms with Crippen molar-refractivity contribution in [2.75, 3.05) is 12.4 Å². The number of hydrogen-bond acceptors (Lipinski definition) is 17. The first kappa shape index (κ1) is 59.2. The molecule has 19 heteroatoms. The van der Waals surface area contributed by atoms with Crippen LogP contribution in [-0.2, 0) is 28.5 Å². The van der Waals surface area contributed by atoms with E-state index in [1.165, 1.54) is 0 Å². The standard InChI is InChI=1S/C49H77ClN2O16/c1-29-17-15-13-11-9-7-5-6-8-10-12-14-16-18-36(67-48-46(62)43(51)45(61)32(4)66-48)26-40-42(47(63)52-22-21-50)39(58)28-49(64,68-40)27-35(55)24-38(57)37(56)20-19-33(53)23-34(54)25-41(59)65-31(3)30(2)44(29)60/h5-18,29-40,42-46,48,53-58,60-62,64H,19-28,51H2,1-4H3,(H,52,63)/b6-5+,9-7+,10-8+,13-11+,14-12+,17-15+,18-16+/t29-,30-,31-,32+,33+,34+,35-,36-,37+,38+,39-,40-,42+,43-,44+,45+,46-,48-,49+/m0/s1. The molecule has 19 atom stereocenters. The average molecular weight is 986 g/mol. The third-order valence-corrected chi connectivity index (χ3v) is 12.6. The number of carbonyl (C=O) groups excluding carboxylic acids is 2. The topological polar surface area (TPSA) is 311 Å². The van der Waals surface area contributed by atoms with Gasteiger partial charge >= 0.3 is 5.97 Å². The Hall–Kier alpha value is -3.15. The van der Waals surface area contributed by atoms with Gasteiger partial charge in [-0.3, -0.25) is 9.59 Å². The number of nitrogens with one attached hydrogen (secondary N) is 1. The largest absolute Gasteiger partial charge is 0.462 e. The maximum Gasteiger partial charge on any atom is 0.308 e. The molecule has 0 saturated carbocycles. The molecule has 386 valence electrons. The fraction of sp³-hybridized carbons (Fsp3) is 0.673. The Morgan fingerprint density at radius 1 is 0.721 bits per heavy atom. The number of aliphatic hydroxyl groups excluding tert-OH is 9. The maximum absolute atomic E-state index is 13.5. The lowest BCUT2D eigenvalue weighted by molar-refractivity contribution is -0.307. The number of fused-ring (bicyclic) bond motifs is 2. The number of alkyl halides is 1. The van der Waals surface area contributed by atoms with Gasteiger partial charge in [0.25, 0.3) is 0 Å². The summed E-state index contributed by atoms with van der Waals surface area (Å²) in [6.45, 7) is 6.83. The van der Waals surface area contributed by atoms with E-state index in [1.807, 2.05) is 37.3 Å². The van der Waals surface area contributed by atoms with E-state index in [9.17, 15) is 60.7 Å². The van der Waals surface area contributed by atoms with Crippen molar-refractivity contribution in [3.63, 3.8) is 0 Å². The number of carbonyl (C=O) groups is 2. The smallest absolute Gasteiger partial charge is 0.308 e. The summed E-state index contributed by atoms with van der Waals surface area (Å²) in [5.74, 6) is -5.60. The fourth-order valence-electron chi connectivity index (χ4n) is 8.28. The van der Waals surface area contributed by atoms with Crippen molar-refractivity contribution in [3.05, 3.63) is 85.1 Å². The number of hydrogen-bond donors (Lipinski definition) is 12. The normalized spacial score (nSPS) is 44.0. The lowest BCUT2D eigenvalue weighted by atomic mass is 9.82. The van der Waals surface area contributed by atoms with Crippen LogP contribution in [0.4, 0.5) is 0 Å². The number of cyclic esters (lactones) is 1. The van der Waals surface area contributed by atoms with Crippen molar-refractivity contribution < 1.29 is 79.6 Å². The maximum atomic E-state index is 13.5. The lowest BCUT2D eigenvalue weighted by Crippen LogP contribution is -2.62. The Bertz CT molecular complexity index is 1730. The third-order valence-electron chi connectivity index (χ3n) is 12.4. The van der Waals surface area contributed by atoms with Crippen molar-refractivity contribution in [1.82, 2.24) is 5.32 Å². The zero-order chi connectivity index (χ0) is 50.6. The second-order valence-corrected chi connectivity index (χ2v) is 18.6. The van der Waals surface area contributed by atoms with Crippen molar-refractivity contribution in [2.24, 2.45) is 23.5 Å². The first-order valence-corrected chi connectivity index (χ1v) is 24.0. The molecule has 18 nitrogen and oxygen atoms in total. The number of halogens is 1. The second kappa shape index (κ2) is 29.9. The first-order valence-electron chi connectivity index (χ1n) is 23.5. The van der Waals surface area contributed by atoms with Crippen LogP contribution in [0, 0.1) is 17.8 Å². The highest BCUT2D eigenvalue weighted by Crippen LogP contribution is 2.38. The van der Waals surface area contributed by atoms with Crippen molar-refractivity contribution in [3.8, 4) is 0 Å². The zero-order valence-corrected chi connectivity index (χ0v) is 40.2. The van der Waals surface area contributed by atoms with Crippen LogP contribution in [0.25, 0.3) is 0 Å². The summed E-state index contributed by atoms with van der Waals surface area (Å²) in [4.78, 5) is 26.2. The van der Waals surface area contributed by atoms with E-state index in [-0.39, 0.29) is 44.0 Å². The predicted molar refractivity (Wildman–Crippen MR) is 253 cm³/mol. The Labute approximate surface area is 404 Å². The van der Waals surface area contributed by atoms with Crippen LogP contribution in [0.1, 0.15) is 79.1 Å². The van der Waals surface area contributed by atoms with Crippen molar-refractivity contribution in [1.29, 1.82) is 0 Å². The molecule has 0 aromatic rings. The van der Waals surface area contributed by atoms with Gasteiger partial charge in [-0.15, -0.1) is 11.6 Å². The van der Waals surface area contributed by atoms with Gasteiger partial charge in [0.1, 0.15) is 12.2 Å². The number of aliphatic hydroxyl groups is 10. The molecular weight excluding hydrogens is 908 g/mol. The van der Waals surface area contributed by atoms with E-state index in [2.05, 4.69) is 5.32 Å². The van der Waals surface area contributed by atoms with E-state index in [0.29, 0.717) is 0 Å². The number of amides is 1. The summed E-state index contributed by atoms with van der Waals surface area (Å²) >= 11 is 5.84. The van der Waals surface area contributed by atoms with Crippen LogP contribution >= 0.6 is 11.6 Å². The predicted octanol–water partition coefficient (Wildman–Crippen LogP) is 0.982. The number of ether oxygens (including phenoxy) is 4. The molecule has 0 spiro atoms. The lowest BCUT2D eigenvalue weighted by Gasteiger charge is -2.46. The van der Waals surface area contributed by atoms with E-state index < -0.39 is 147 Å². The quantitative estimate of drug-likeness (QED) is 0.135. The molecule has 0 radical (unpaired) electrons. The Morgan fingerprint density at radius 3 is 1.91 bits per heavy atom. The monoisotopic (exact) mass is 984 g/mol. The van der Waals surface area contributed by atoms with Gasteiger partial charge in [0.05, 0.1) is 85.5 Å². The molecule has 1 amide bonds. The molecule has 3 rings (SSSR count). The van der Waals surface area contributed by atoms with Crippen molar-refractivity contribution in [2.45, 2.75) is 177 Å². The zero-order valence-electron chi connectivity index (χ0n) is 39.4. The molecule has 3 aliphatic heterocycles. The summed E-state index contributed by atoms with van der Waals surface area (Å²) in [6, 6.07) is -1.13. The summed E-state index contributed by atoms with van der Waals surface area (Å²) < 4.78 is 23.6. The minimum atomic E-state index is -2.27. The fourth-order valence-corrected chi connectivity index (χ4v) is 8.37. The molecule has 2 saturated heterocycles. The SMILES string of the molecule is C[C@@H]1[C@H](O)[C@@H](C)/C=C/C=C/C=C/C=C/C=C/C=C/C=C/[C@H](O[C@@H]2O[C@H](C)[C@@H](O)[C@H](N)[C@@H]2O)C[C@@H]2O[C@](O)(C[C@@H](O)C[C@@H](O)[C@H](O)CC[C@@H](O)C[C@@H](O)CC(=O)O[C@H]1C)C[C@H](O)[C@H]2C(=O)NCCCl. The number of esters is 1. The van der Waals surface area contributed by atoms with Crippen LogP contribution in [0.15, 0.2) is 85.1 Å². The molecule has 2 bridgehead atoms. The van der Waals surface area contributed by atoms with E-state index in [0.717, 1.165) is 0 Å².